The molecule has 3 aliphatic heterocycles. The van der Waals surface area contributed by atoms with Crippen LogP contribution in [0.3, 0.4) is 0 Å². The van der Waals surface area contributed by atoms with Crippen molar-refractivity contribution in [3.8, 4) is 0 Å². The van der Waals surface area contributed by atoms with E-state index < -0.39 is 0 Å². The number of hydrogen-bond donors (Lipinski definition) is 2. The maximum absolute atomic E-state index is 12.7. The Hall–Kier alpha value is -2.55. The molecule has 1 aromatic heterocycles. The number of primary amides is 1. The number of aromatic nitrogens is 2. The molecule has 3 saturated heterocycles. The molecule has 3 amide bonds. The summed E-state index contributed by atoms with van der Waals surface area (Å²) in [5.74, 6) is 0.117. The minimum Gasteiger partial charge on any atom is -0.369 e. The van der Waals surface area contributed by atoms with Gasteiger partial charge in [-0.25, -0.2) is 4.98 Å². The average molecular weight is 386 g/mol. The summed E-state index contributed by atoms with van der Waals surface area (Å²) >= 11 is 0. The molecule has 4 atom stereocenters. The Balaban J connectivity index is 1.51. The molecule has 3 aliphatic rings. The van der Waals surface area contributed by atoms with Crippen LogP contribution in [0, 0.1) is 11.8 Å². The second-order valence-corrected chi connectivity index (χ2v) is 8.04. The third kappa shape index (κ3) is 3.71. The molecule has 9 heteroatoms. The summed E-state index contributed by atoms with van der Waals surface area (Å²) in [5.41, 5.74) is 5.67. The monoisotopic (exact) mass is 386 g/mol. The maximum Gasteiger partial charge on any atom is 0.271 e. The van der Waals surface area contributed by atoms with Crippen LogP contribution in [0.5, 0.6) is 0 Å². The molecule has 28 heavy (non-hydrogen) atoms. The summed E-state index contributed by atoms with van der Waals surface area (Å²) in [6.07, 6.45) is 7.87. The lowest BCUT2D eigenvalue weighted by Crippen LogP contribution is -2.67. The molecule has 0 unspecified atom stereocenters. The number of nitrogens with one attached hydrogen (secondary N) is 1. The number of amides is 3. The largest absolute Gasteiger partial charge is 0.369 e. The summed E-state index contributed by atoms with van der Waals surface area (Å²) in [6.45, 7) is 2.12. The Bertz CT molecular complexity index is 757. The highest BCUT2D eigenvalue weighted by Gasteiger charge is 2.49. The smallest absolute Gasteiger partial charge is 0.271 e. The Morgan fingerprint density at radius 3 is 2.82 bits per heavy atom. The van der Waals surface area contributed by atoms with Crippen LogP contribution in [-0.2, 0) is 9.59 Å². The fraction of sp³-hybridized carbons (Fsp3) is 0.632. The second kappa shape index (κ2) is 7.83. The van der Waals surface area contributed by atoms with Gasteiger partial charge in [-0.05, 0) is 31.1 Å². The van der Waals surface area contributed by atoms with Gasteiger partial charge in [-0.2, -0.15) is 0 Å². The van der Waals surface area contributed by atoms with Gasteiger partial charge in [0.2, 0.25) is 11.8 Å². The first kappa shape index (κ1) is 18.8. The standard InChI is InChI=1S/C19H26N6O3/c20-17(26)11-24-9-12-6-13(10-24)16(25-15(12)2-1-3-18(25)27)8-23-19(28)14-7-21-4-5-22-14/h4-5,7,12-13,15-16H,1-3,6,8-11H2,(H2,20,26)(H,23,28)/t12-,13+,15+,16+/m1/s1. The molecule has 4 heterocycles. The maximum atomic E-state index is 12.7. The van der Waals surface area contributed by atoms with Gasteiger partial charge >= 0.3 is 0 Å². The first-order valence-corrected chi connectivity index (χ1v) is 9.89. The highest BCUT2D eigenvalue weighted by atomic mass is 16.2. The van der Waals surface area contributed by atoms with Gasteiger partial charge in [0.15, 0.2) is 0 Å². The Kier molecular flexibility index (Phi) is 5.25. The molecule has 4 rings (SSSR count). The summed E-state index contributed by atoms with van der Waals surface area (Å²) in [6, 6.07) is 0.0944. The zero-order chi connectivity index (χ0) is 19.7. The molecule has 0 spiro atoms. The van der Waals surface area contributed by atoms with Gasteiger partial charge in [-0.15, -0.1) is 0 Å². The van der Waals surface area contributed by atoms with E-state index in [4.69, 9.17) is 5.73 Å². The van der Waals surface area contributed by atoms with Crippen LogP contribution in [0.25, 0.3) is 0 Å². The molecule has 3 fully saturated rings. The van der Waals surface area contributed by atoms with Gasteiger partial charge in [-0.3, -0.25) is 24.3 Å². The van der Waals surface area contributed by atoms with Gasteiger partial charge in [0.05, 0.1) is 18.8 Å². The van der Waals surface area contributed by atoms with Gasteiger partial charge in [-0.1, -0.05) is 0 Å². The minimum absolute atomic E-state index is 0.0784. The van der Waals surface area contributed by atoms with E-state index in [1.807, 2.05) is 4.90 Å². The predicted octanol–water partition coefficient (Wildman–Crippen LogP) is -0.607. The number of likely N-dealkylation sites (tertiary alicyclic amines) is 1. The first-order chi connectivity index (χ1) is 13.5. The molecule has 3 N–H and O–H groups in total. The van der Waals surface area contributed by atoms with Gasteiger partial charge < -0.3 is 16.0 Å². The van der Waals surface area contributed by atoms with Crippen molar-refractivity contribution < 1.29 is 14.4 Å². The van der Waals surface area contributed by atoms with Gasteiger partial charge in [0.1, 0.15) is 5.69 Å². The first-order valence-electron chi connectivity index (χ1n) is 9.89. The van der Waals surface area contributed by atoms with Crippen molar-refractivity contribution in [2.45, 2.75) is 37.8 Å². The third-order valence-electron chi connectivity index (χ3n) is 6.22. The number of fused-ring (bicyclic) bond motifs is 4. The molecule has 0 saturated carbocycles. The predicted molar refractivity (Wildman–Crippen MR) is 99.9 cm³/mol. The van der Waals surface area contributed by atoms with Crippen LogP contribution >= 0.6 is 0 Å². The lowest BCUT2D eigenvalue weighted by molar-refractivity contribution is -0.153. The van der Waals surface area contributed by atoms with Crippen LogP contribution in [-0.4, -0.2) is 75.8 Å². The van der Waals surface area contributed by atoms with E-state index in [1.54, 1.807) is 0 Å². The van der Waals surface area contributed by atoms with E-state index in [0.717, 1.165) is 25.8 Å². The lowest BCUT2D eigenvalue weighted by Gasteiger charge is -2.56. The number of nitrogens with two attached hydrogens (primary N) is 1. The summed E-state index contributed by atoms with van der Waals surface area (Å²) in [4.78, 5) is 48.7. The van der Waals surface area contributed by atoms with Crippen LogP contribution in [0.15, 0.2) is 18.6 Å². The van der Waals surface area contributed by atoms with E-state index in [2.05, 4.69) is 20.2 Å². The summed E-state index contributed by atoms with van der Waals surface area (Å²) in [5, 5.41) is 2.94. The normalized spacial score (nSPS) is 29.9. The number of carbonyl (C=O) groups excluding carboxylic acids is 3. The Morgan fingerprint density at radius 1 is 1.25 bits per heavy atom. The minimum atomic E-state index is -0.330. The quantitative estimate of drug-likeness (QED) is 0.696. The van der Waals surface area contributed by atoms with Crippen molar-refractivity contribution in [2.24, 2.45) is 17.6 Å². The second-order valence-electron chi connectivity index (χ2n) is 8.04. The number of nitrogens with zero attached hydrogens (tertiary/aromatic N) is 4. The fourth-order valence-corrected chi connectivity index (χ4v) is 5.19. The molecule has 9 nitrogen and oxygen atoms in total. The van der Waals surface area contributed by atoms with Crippen molar-refractivity contribution in [2.75, 3.05) is 26.2 Å². The van der Waals surface area contributed by atoms with E-state index in [9.17, 15) is 14.4 Å². The summed E-state index contributed by atoms with van der Waals surface area (Å²) in [7, 11) is 0. The van der Waals surface area contributed by atoms with Crippen molar-refractivity contribution in [3.05, 3.63) is 24.3 Å². The Morgan fingerprint density at radius 2 is 2.07 bits per heavy atom. The number of piperidine rings is 3. The molecule has 150 valence electrons. The van der Waals surface area contributed by atoms with Crippen molar-refractivity contribution >= 4 is 17.7 Å². The van der Waals surface area contributed by atoms with E-state index in [1.165, 1.54) is 18.6 Å². The molecule has 2 bridgehead atoms. The van der Waals surface area contributed by atoms with Crippen LogP contribution in [0.2, 0.25) is 0 Å². The summed E-state index contributed by atoms with van der Waals surface area (Å²) < 4.78 is 0. The lowest BCUT2D eigenvalue weighted by atomic mass is 9.72. The van der Waals surface area contributed by atoms with Crippen molar-refractivity contribution in [1.29, 1.82) is 0 Å². The molecule has 0 radical (unpaired) electrons. The SMILES string of the molecule is NC(=O)CN1C[C@H]2C[C@@H](C1)[C@H](CNC(=O)c1cnccn1)N1C(=O)CCC[C@@H]21. The highest BCUT2D eigenvalue weighted by Crippen LogP contribution is 2.41. The van der Waals surface area contributed by atoms with E-state index in [-0.39, 0.29) is 48.0 Å². The van der Waals surface area contributed by atoms with Crippen LogP contribution in [0.1, 0.15) is 36.2 Å². The van der Waals surface area contributed by atoms with Gasteiger partial charge in [0.25, 0.3) is 5.91 Å². The fourth-order valence-electron chi connectivity index (χ4n) is 5.19. The third-order valence-corrected chi connectivity index (χ3v) is 6.22. The van der Waals surface area contributed by atoms with Gasteiger partial charge in [0, 0.05) is 44.5 Å². The van der Waals surface area contributed by atoms with E-state index in [0.29, 0.717) is 25.4 Å². The molecule has 0 aromatic carbocycles. The molecule has 0 aliphatic carbocycles. The molecular weight excluding hydrogens is 360 g/mol. The molecule has 1 aromatic rings. The topological polar surface area (TPSA) is 122 Å². The zero-order valence-electron chi connectivity index (χ0n) is 15.8. The average Bonchev–Trinajstić information content (AvgIpc) is 2.68. The number of rotatable bonds is 5. The highest BCUT2D eigenvalue weighted by molar-refractivity contribution is 5.91. The van der Waals surface area contributed by atoms with Crippen LogP contribution < -0.4 is 11.1 Å². The van der Waals surface area contributed by atoms with Crippen LogP contribution in [0.4, 0.5) is 0 Å². The molecular formula is C19H26N6O3. The van der Waals surface area contributed by atoms with Crippen molar-refractivity contribution in [1.82, 2.24) is 25.1 Å². The van der Waals surface area contributed by atoms with E-state index >= 15 is 0 Å². The number of carbonyl (C=O) groups is 3. The number of hydrogen-bond acceptors (Lipinski definition) is 6. The zero-order valence-corrected chi connectivity index (χ0v) is 15.8. The van der Waals surface area contributed by atoms with Crippen molar-refractivity contribution in [3.63, 3.8) is 0 Å². The Labute approximate surface area is 163 Å².